The number of morpholine rings is 1. The minimum absolute atomic E-state index is 0.0810. The number of primary sulfonamides is 1. The maximum absolute atomic E-state index is 11.6. The van der Waals surface area contributed by atoms with Crippen LogP contribution < -0.4 is 10.5 Å². The van der Waals surface area contributed by atoms with Gasteiger partial charge in [-0.25, -0.2) is 22.0 Å². The molecule has 1 aliphatic heterocycles. The van der Waals surface area contributed by atoms with Gasteiger partial charge in [-0.1, -0.05) is 0 Å². The van der Waals surface area contributed by atoms with Gasteiger partial charge >= 0.3 is 0 Å². The van der Waals surface area contributed by atoms with Gasteiger partial charge in [-0.15, -0.1) is 0 Å². The van der Waals surface area contributed by atoms with Crippen LogP contribution in [0.2, 0.25) is 0 Å². The summed E-state index contributed by atoms with van der Waals surface area (Å²) in [5.74, 6) is 0. The van der Waals surface area contributed by atoms with Gasteiger partial charge in [0, 0.05) is 25.7 Å². The molecule has 1 fully saturated rings. The minimum atomic E-state index is -4.06. The molecule has 1 aromatic rings. The van der Waals surface area contributed by atoms with Crippen molar-refractivity contribution in [1.82, 2.24) is 4.31 Å². The molecule has 1 aliphatic rings. The van der Waals surface area contributed by atoms with Gasteiger partial charge in [0.1, 0.15) is 5.69 Å². The number of hydrogen-bond acceptors (Lipinski definition) is 8. The van der Waals surface area contributed by atoms with E-state index in [1.165, 1.54) is 10.4 Å². The zero-order valence-corrected chi connectivity index (χ0v) is 14.9. The van der Waals surface area contributed by atoms with Crippen LogP contribution in [0.5, 0.6) is 0 Å². The van der Waals surface area contributed by atoms with E-state index in [2.05, 4.69) is 5.32 Å². The van der Waals surface area contributed by atoms with E-state index in [1.54, 1.807) is 0 Å². The Labute approximate surface area is 145 Å². The Morgan fingerprint density at radius 2 is 2.08 bits per heavy atom. The number of nitrogens with one attached hydrogen (secondary N) is 1. The summed E-state index contributed by atoms with van der Waals surface area (Å²) in [7, 11) is -7.41. The summed E-state index contributed by atoms with van der Waals surface area (Å²) in [6.45, 7) is 0.695. The molecule has 1 atom stereocenters. The molecule has 3 N–H and O–H groups in total. The molecule has 0 amide bonds. The van der Waals surface area contributed by atoms with Crippen LogP contribution in [0.4, 0.5) is 11.4 Å². The lowest BCUT2D eigenvalue weighted by atomic mass is 10.2. The first-order chi connectivity index (χ1) is 11.5. The van der Waals surface area contributed by atoms with Gasteiger partial charge in [-0.3, -0.25) is 10.1 Å². The summed E-state index contributed by atoms with van der Waals surface area (Å²) in [6, 6.07) is 3.24. The zero-order valence-electron chi connectivity index (χ0n) is 13.3. The number of nitro benzene ring substituents is 1. The quantitative estimate of drug-likeness (QED) is 0.473. The van der Waals surface area contributed by atoms with Crippen LogP contribution in [-0.2, 0) is 24.8 Å². The van der Waals surface area contributed by atoms with E-state index in [4.69, 9.17) is 9.88 Å². The lowest BCUT2D eigenvalue weighted by Crippen LogP contribution is -2.47. The molecular weight excluding hydrogens is 376 g/mol. The van der Waals surface area contributed by atoms with Crippen LogP contribution in [-0.4, -0.2) is 64.7 Å². The SMILES string of the molecule is CS(=O)(=O)N1CCO[C@H](CNc2ccc(S(N)(=O)=O)cc2[N+](=O)[O-])C1. The summed E-state index contributed by atoms with van der Waals surface area (Å²) < 4.78 is 52.5. The maximum atomic E-state index is 11.6. The van der Waals surface area contributed by atoms with Crippen molar-refractivity contribution in [3.8, 4) is 0 Å². The van der Waals surface area contributed by atoms with Gasteiger partial charge in [0.2, 0.25) is 20.0 Å². The second kappa shape index (κ2) is 7.21. The van der Waals surface area contributed by atoms with E-state index in [0.717, 1.165) is 18.4 Å². The lowest BCUT2D eigenvalue weighted by Gasteiger charge is -2.31. The van der Waals surface area contributed by atoms with E-state index in [-0.39, 0.29) is 36.8 Å². The lowest BCUT2D eigenvalue weighted by molar-refractivity contribution is -0.384. The monoisotopic (exact) mass is 394 g/mol. The Morgan fingerprint density at radius 3 is 2.64 bits per heavy atom. The van der Waals surface area contributed by atoms with Gasteiger partial charge in [-0.05, 0) is 12.1 Å². The molecule has 11 nitrogen and oxygen atoms in total. The number of anilines is 1. The molecule has 1 heterocycles. The average Bonchev–Trinajstić information content (AvgIpc) is 2.51. The van der Waals surface area contributed by atoms with Crippen molar-refractivity contribution in [3.63, 3.8) is 0 Å². The molecule has 0 spiro atoms. The van der Waals surface area contributed by atoms with Crippen molar-refractivity contribution in [3.05, 3.63) is 28.3 Å². The summed E-state index contributed by atoms with van der Waals surface area (Å²) in [6.07, 6.45) is 0.598. The van der Waals surface area contributed by atoms with E-state index in [0.29, 0.717) is 0 Å². The number of hydrogen-bond donors (Lipinski definition) is 2. The molecule has 25 heavy (non-hydrogen) atoms. The Morgan fingerprint density at radius 1 is 1.40 bits per heavy atom. The highest BCUT2D eigenvalue weighted by Crippen LogP contribution is 2.27. The fraction of sp³-hybridized carbons (Fsp3) is 0.500. The Balaban J connectivity index is 2.14. The summed E-state index contributed by atoms with van der Waals surface area (Å²) in [5, 5.41) is 18.9. The van der Waals surface area contributed by atoms with Crippen molar-refractivity contribution in [1.29, 1.82) is 0 Å². The Kier molecular flexibility index (Phi) is 5.63. The first kappa shape index (κ1) is 19.5. The van der Waals surface area contributed by atoms with Gasteiger partial charge in [-0.2, -0.15) is 4.31 Å². The normalized spacial score (nSPS) is 19.5. The highest BCUT2D eigenvalue weighted by Gasteiger charge is 2.27. The first-order valence-corrected chi connectivity index (χ1v) is 10.5. The van der Waals surface area contributed by atoms with Crippen molar-refractivity contribution >= 4 is 31.4 Å². The highest BCUT2D eigenvalue weighted by molar-refractivity contribution is 7.89. The number of ether oxygens (including phenoxy) is 1. The molecule has 0 unspecified atom stereocenters. The van der Waals surface area contributed by atoms with E-state index < -0.39 is 36.8 Å². The van der Waals surface area contributed by atoms with Crippen LogP contribution in [0.1, 0.15) is 0 Å². The molecule has 1 saturated heterocycles. The van der Waals surface area contributed by atoms with Crippen LogP contribution in [0.15, 0.2) is 23.1 Å². The molecule has 13 heteroatoms. The highest BCUT2D eigenvalue weighted by atomic mass is 32.2. The average molecular weight is 394 g/mol. The molecular formula is C12H18N4O7S2. The Bertz CT molecular complexity index is 869. The van der Waals surface area contributed by atoms with Crippen LogP contribution in [0.25, 0.3) is 0 Å². The predicted octanol–water partition coefficient (Wildman–Crippen LogP) is -0.685. The molecule has 0 saturated carbocycles. The van der Waals surface area contributed by atoms with Crippen molar-refractivity contribution in [2.24, 2.45) is 5.14 Å². The number of benzene rings is 1. The largest absolute Gasteiger partial charge is 0.377 e. The number of nitrogens with zero attached hydrogens (tertiary/aromatic N) is 2. The van der Waals surface area contributed by atoms with Crippen LogP contribution in [0.3, 0.4) is 0 Å². The van der Waals surface area contributed by atoms with E-state index in [9.17, 15) is 26.9 Å². The van der Waals surface area contributed by atoms with Crippen LogP contribution in [0, 0.1) is 10.1 Å². The molecule has 0 radical (unpaired) electrons. The number of nitro groups is 1. The Hall–Kier alpha value is -1.80. The second-order valence-electron chi connectivity index (χ2n) is 5.48. The van der Waals surface area contributed by atoms with Gasteiger partial charge in [0.05, 0.1) is 28.8 Å². The second-order valence-corrected chi connectivity index (χ2v) is 9.02. The molecule has 0 bridgehead atoms. The fourth-order valence-corrected chi connectivity index (χ4v) is 3.71. The molecule has 0 aromatic heterocycles. The van der Waals surface area contributed by atoms with E-state index >= 15 is 0 Å². The summed E-state index contributed by atoms with van der Waals surface area (Å²) >= 11 is 0. The van der Waals surface area contributed by atoms with Crippen molar-refractivity contribution in [2.75, 3.05) is 37.8 Å². The fourth-order valence-electron chi connectivity index (χ4n) is 2.33. The van der Waals surface area contributed by atoms with Crippen molar-refractivity contribution in [2.45, 2.75) is 11.0 Å². The minimum Gasteiger partial charge on any atom is -0.377 e. The molecule has 0 aliphatic carbocycles. The van der Waals surface area contributed by atoms with Gasteiger partial charge in [0.15, 0.2) is 0 Å². The third-order valence-corrected chi connectivity index (χ3v) is 5.77. The first-order valence-electron chi connectivity index (χ1n) is 7.10. The topological polar surface area (TPSA) is 162 Å². The zero-order chi connectivity index (χ0) is 18.8. The van der Waals surface area contributed by atoms with Crippen molar-refractivity contribution < 1.29 is 26.5 Å². The summed E-state index contributed by atoms with van der Waals surface area (Å²) in [5.41, 5.74) is -0.375. The standard InChI is InChI=1S/C12H18N4O7S2/c1-24(19,20)15-4-5-23-9(8-15)7-14-11-3-2-10(25(13,21)22)6-12(11)16(17)18/h2-3,6,9,14H,4-5,7-8H2,1H3,(H2,13,21,22)/t9-/m1/s1. The number of nitrogens with two attached hydrogens (primary N) is 1. The third-order valence-electron chi connectivity index (χ3n) is 3.59. The van der Waals surface area contributed by atoms with Crippen LogP contribution >= 0.6 is 0 Å². The maximum Gasteiger partial charge on any atom is 0.293 e. The number of rotatable bonds is 6. The molecule has 2 rings (SSSR count). The smallest absolute Gasteiger partial charge is 0.293 e. The van der Waals surface area contributed by atoms with Gasteiger partial charge in [0.25, 0.3) is 5.69 Å². The predicted molar refractivity (Wildman–Crippen MR) is 89.1 cm³/mol. The van der Waals surface area contributed by atoms with E-state index in [1.807, 2.05) is 0 Å². The molecule has 140 valence electrons. The molecule has 1 aromatic carbocycles. The van der Waals surface area contributed by atoms with Gasteiger partial charge < -0.3 is 10.1 Å². The number of sulfonamides is 2. The third kappa shape index (κ3) is 5.09. The summed E-state index contributed by atoms with van der Waals surface area (Å²) in [4.78, 5) is 10.0.